The number of hydrogen-bond donors (Lipinski definition) is 1. The highest BCUT2D eigenvalue weighted by Crippen LogP contribution is 2.11. The molecular weight excluding hydrogens is 218 g/mol. The second-order valence-corrected chi connectivity index (χ2v) is 5.19. The summed E-state index contributed by atoms with van der Waals surface area (Å²) in [6, 6.07) is 11.4. The third kappa shape index (κ3) is 6.61. The van der Waals surface area contributed by atoms with E-state index in [9.17, 15) is 0 Å². The molecule has 0 aliphatic rings. The van der Waals surface area contributed by atoms with Gasteiger partial charge < -0.3 is 5.32 Å². The number of aryl methyl sites for hydroxylation is 1. The summed E-state index contributed by atoms with van der Waals surface area (Å²) in [6.45, 7) is 9.48. The van der Waals surface area contributed by atoms with Crippen molar-refractivity contribution >= 4 is 0 Å². The molecule has 0 fully saturated rings. The van der Waals surface area contributed by atoms with Crippen molar-refractivity contribution in [3.63, 3.8) is 0 Å². The summed E-state index contributed by atoms with van der Waals surface area (Å²) in [4.78, 5) is 0. The molecule has 0 amide bonds. The molecule has 1 aromatic carbocycles. The van der Waals surface area contributed by atoms with Gasteiger partial charge in [0.2, 0.25) is 0 Å². The van der Waals surface area contributed by atoms with Crippen LogP contribution in [0.5, 0.6) is 0 Å². The fourth-order valence-corrected chi connectivity index (χ4v) is 2.24. The van der Waals surface area contributed by atoms with Crippen LogP contribution in [0.2, 0.25) is 0 Å². The quantitative estimate of drug-likeness (QED) is 0.638. The van der Waals surface area contributed by atoms with Crippen LogP contribution in [0.4, 0.5) is 0 Å². The summed E-state index contributed by atoms with van der Waals surface area (Å²) in [5.41, 5.74) is 2.73. The largest absolute Gasteiger partial charge is 0.314 e. The lowest BCUT2D eigenvalue weighted by molar-refractivity contribution is 0.463. The molecule has 0 saturated heterocycles. The van der Waals surface area contributed by atoms with Crippen LogP contribution in [0.1, 0.15) is 45.1 Å². The van der Waals surface area contributed by atoms with Crippen molar-refractivity contribution in [2.75, 3.05) is 6.54 Å². The minimum absolute atomic E-state index is 0.603. The average molecular weight is 245 g/mol. The molecule has 1 rings (SSSR count). The van der Waals surface area contributed by atoms with E-state index in [2.05, 4.69) is 56.1 Å². The van der Waals surface area contributed by atoms with E-state index in [1.807, 2.05) is 0 Å². The first-order valence-corrected chi connectivity index (χ1v) is 7.14. The molecule has 100 valence electrons. The Hall–Kier alpha value is -1.08. The maximum atomic E-state index is 4.03. The van der Waals surface area contributed by atoms with E-state index in [0.29, 0.717) is 6.04 Å². The monoisotopic (exact) mass is 245 g/mol. The molecular formula is C17H27N. The van der Waals surface area contributed by atoms with E-state index in [0.717, 1.165) is 13.0 Å². The standard InChI is InChI=1S/C17H27N/c1-4-13-18-17(14-15(2)3)12-8-11-16-9-6-5-7-10-16/h5-7,9-10,17-18H,2,4,8,11-14H2,1,3H3. The predicted octanol–water partition coefficient (Wildman–Crippen LogP) is 4.34. The van der Waals surface area contributed by atoms with Gasteiger partial charge in [-0.05, 0) is 51.1 Å². The van der Waals surface area contributed by atoms with Gasteiger partial charge in [0.15, 0.2) is 0 Å². The molecule has 1 nitrogen and oxygen atoms in total. The fraction of sp³-hybridized carbons (Fsp3) is 0.529. The Labute approximate surface area is 112 Å². The van der Waals surface area contributed by atoms with Gasteiger partial charge in [0, 0.05) is 6.04 Å². The normalized spacial score (nSPS) is 12.3. The van der Waals surface area contributed by atoms with Crippen LogP contribution in [-0.4, -0.2) is 12.6 Å². The number of nitrogens with one attached hydrogen (secondary N) is 1. The first-order valence-electron chi connectivity index (χ1n) is 7.14. The molecule has 0 bridgehead atoms. The zero-order chi connectivity index (χ0) is 13.2. The molecule has 0 saturated carbocycles. The van der Waals surface area contributed by atoms with Crippen LogP contribution < -0.4 is 5.32 Å². The highest BCUT2D eigenvalue weighted by Gasteiger charge is 2.07. The molecule has 0 aliphatic carbocycles. The Morgan fingerprint density at radius 1 is 1.28 bits per heavy atom. The maximum absolute atomic E-state index is 4.03. The van der Waals surface area contributed by atoms with E-state index in [-0.39, 0.29) is 0 Å². The molecule has 0 aliphatic heterocycles. The van der Waals surface area contributed by atoms with Crippen molar-refractivity contribution in [3.05, 3.63) is 48.0 Å². The van der Waals surface area contributed by atoms with E-state index >= 15 is 0 Å². The Balaban J connectivity index is 2.30. The summed E-state index contributed by atoms with van der Waals surface area (Å²) in [5.74, 6) is 0. The van der Waals surface area contributed by atoms with Crippen molar-refractivity contribution in [2.45, 2.75) is 52.0 Å². The van der Waals surface area contributed by atoms with Crippen LogP contribution >= 0.6 is 0 Å². The van der Waals surface area contributed by atoms with Crippen molar-refractivity contribution in [2.24, 2.45) is 0 Å². The molecule has 18 heavy (non-hydrogen) atoms. The van der Waals surface area contributed by atoms with Gasteiger partial charge >= 0.3 is 0 Å². The number of hydrogen-bond acceptors (Lipinski definition) is 1. The first-order chi connectivity index (χ1) is 8.72. The second-order valence-electron chi connectivity index (χ2n) is 5.19. The van der Waals surface area contributed by atoms with Gasteiger partial charge in [-0.15, -0.1) is 6.58 Å². The SMILES string of the molecule is C=C(C)CC(CCCc1ccccc1)NCCC. The van der Waals surface area contributed by atoms with Crippen LogP contribution in [0, 0.1) is 0 Å². The fourth-order valence-electron chi connectivity index (χ4n) is 2.24. The van der Waals surface area contributed by atoms with E-state index in [1.165, 1.54) is 36.8 Å². The third-order valence-corrected chi connectivity index (χ3v) is 3.14. The van der Waals surface area contributed by atoms with Gasteiger partial charge in [0.05, 0.1) is 0 Å². The number of benzene rings is 1. The second kappa shape index (κ2) is 8.93. The zero-order valence-electron chi connectivity index (χ0n) is 11.9. The van der Waals surface area contributed by atoms with Gasteiger partial charge in [-0.3, -0.25) is 0 Å². The lowest BCUT2D eigenvalue weighted by Gasteiger charge is -2.18. The summed E-state index contributed by atoms with van der Waals surface area (Å²) >= 11 is 0. The van der Waals surface area contributed by atoms with E-state index in [4.69, 9.17) is 0 Å². The van der Waals surface area contributed by atoms with Crippen molar-refractivity contribution < 1.29 is 0 Å². The van der Waals surface area contributed by atoms with Gasteiger partial charge in [-0.1, -0.05) is 42.8 Å². The smallest absolute Gasteiger partial charge is 0.0104 e. The van der Waals surface area contributed by atoms with E-state index in [1.54, 1.807) is 0 Å². The Bertz CT molecular complexity index is 329. The molecule has 1 N–H and O–H groups in total. The zero-order valence-corrected chi connectivity index (χ0v) is 11.9. The molecule has 0 aromatic heterocycles. The summed E-state index contributed by atoms with van der Waals surface area (Å²) < 4.78 is 0. The highest BCUT2D eigenvalue weighted by molar-refractivity contribution is 5.14. The molecule has 0 heterocycles. The topological polar surface area (TPSA) is 12.0 Å². The summed E-state index contributed by atoms with van der Waals surface area (Å²) in [5, 5.41) is 3.63. The minimum Gasteiger partial charge on any atom is -0.314 e. The van der Waals surface area contributed by atoms with Gasteiger partial charge in [0.1, 0.15) is 0 Å². The summed E-state index contributed by atoms with van der Waals surface area (Å²) in [7, 11) is 0. The van der Waals surface area contributed by atoms with Gasteiger partial charge in [0.25, 0.3) is 0 Å². The van der Waals surface area contributed by atoms with E-state index < -0.39 is 0 Å². The van der Waals surface area contributed by atoms with Crippen LogP contribution in [0.15, 0.2) is 42.5 Å². The molecule has 1 aromatic rings. The Morgan fingerprint density at radius 2 is 2.00 bits per heavy atom. The number of rotatable bonds is 9. The van der Waals surface area contributed by atoms with Gasteiger partial charge in [-0.25, -0.2) is 0 Å². The van der Waals surface area contributed by atoms with Crippen LogP contribution in [0.25, 0.3) is 0 Å². The highest BCUT2D eigenvalue weighted by atomic mass is 14.9. The Morgan fingerprint density at radius 3 is 2.61 bits per heavy atom. The third-order valence-electron chi connectivity index (χ3n) is 3.14. The molecule has 0 spiro atoms. The van der Waals surface area contributed by atoms with Crippen LogP contribution in [-0.2, 0) is 6.42 Å². The molecule has 0 radical (unpaired) electrons. The first kappa shape index (κ1) is 15.0. The average Bonchev–Trinajstić information content (AvgIpc) is 2.36. The summed E-state index contributed by atoms with van der Waals surface area (Å²) in [6.07, 6.45) is 5.97. The molecule has 1 atom stereocenters. The minimum atomic E-state index is 0.603. The molecule has 1 unspecified atom stereocenters. The predicted molar refractivity (Wildman–Crippen MR) is 80.9 cm³/mol. The molecule has 1 heteroatoms. The van der Waals surface area contributed by atoms with Gasteiger partial charge in [-0.2, -0.15) is 0 Å². The van der Waals surface area contributed by atoms with Crippen molar-refractivity contribution in [1.82, 2.24) is 5.32 Å². The van der Waals surface area contributed by atoms with Crippen LogP contribution in [0.3, 0.4) is 0 Å². The van der Waals surface area contributed by atoms with Crippen molar-refractivity contribution in [3.8, 4) is 0 Å². The van der Waals surface area contributed by atoms with Crippen molar-refractivity contribution in [1.29, 1.82) is 0 Å². The lowest BCUT2D eigenvalue weighted by atomic mass is 10.00. The maximum Gasteiger partial charge on any atom is 0.0104 e. The Kier molecular flexibility index (Phi) is 7.43. The lowest BCUT2D eigenvalue weighted by Crippen LogP contribution is -2.30.